The highest BCUT2D eigenvalue weighted by atomic mass is 19.1. The van der Waals surface area contributed by atoms with Crippen LogP contribution in [0.1, 0.15) is 21.8 Å². The van der Waals surface area contributed by atoms with E-state index in [1.54, 1.807) is 13.0 Å². The van der Waals surface area contributed by atoms with Crippen LogP contribution in [0.4, 0.5) is 8.78 Å². The van der Waals surface area contributed by atoms with Gasteiger partial charge in [0.25, 0.3) is 5.91 Å². The van der Waals surface area contributed by atoms with Gasteiger partial charge in [-0.25, -0.2) is 8.78 Å². The maximum absolute atomic E-state index is 13.3. The molecule has 0 saturated carbocycles. The minimum absolute atomic E-state index is 0.210. The van der Waals surface area contributed by atoms with Crippen LogP contribution in [0.2, 0.25) is 0 Å². The van der Waals surface area contributed by atoms with E-state index in [1.807, 2.05) is 0 Å². The summed E-state index contributed by atoms with van der Waals surface area (Å²) in [5.41, 5.74) is 0.165. The van der Waals surface area contributed by atoms with Gasteiger partial charge in [0, 0.05) is 19.0 Å². The summed E-state index contributed by atoms with van der Waals surface area (Å²) in [6, 6.07) is 5.02. The molecule has 6 heteroatoms. The lowest BCUT2D eigenvalue weighted by molar-refractivity contribution is 0.0945. The highest BCUT2D eigenvalue weighted by Gasteiger charge is 2.16. The third-order valence-corrected chi connectivity index (χ3v) is 2.52. The third-order valence-electron chi connectivity index (χ3n) is 2.52. The lowest BCUT2D eigenvalue weighted by Crippen LogP contribution is -2.27. The zero-order chi connectivity index (χ0) is 13.8. The molecule has 0 spiro atoms. The van der Waals surface area contributed by atoms with Crippen molar-refractivity contribution < 1.29 is 18.1 Å². The summed E-state index contributed by atoms with van der Waals surface area (Å²) in [7, 11) is 0. The second-order valence-electron chi connectivity index (χ2n) is 4.04. The van der Waals surface area contributed by atoms with Gasteiger partial charge in [0.1, 0.15) is 23.0 Å². The molecule has 0 aliphatic heterocycles. The predicted octanol–water partition coefficient (Wildman–Crippen LogP) is 2.23. The number of nitrogens with zero attached hydrogens (tertiary/aromatic N) is 1. The molecule has 2 rings (SSSR count). The Bertz CT molecular complexity index is 576. The molecule has 1 amide bonds. The average Bonchev–Trinajstić information content (AvgIpc) is 2.75. The Hall–Kier alpha value is -2.24. The minimum atomic E-state index is -0.881. The van der Waals surface area contributed by atoms with Crippen LogP contribution in [0, 0.1) is 18.6 Å². The van der Waals surface area contributed by atoms with Crippen molar-refractivity contribution >= 4 is 5.91 Å². The first kappa shape index (κ1) is 13.2. The number of nitrogens with one attached hydrogen (secondary N) is 1. The molecule has 1 aromatic carbocycles. The van der Waals surface area contributed by atoms with Crippen molar-refractivity contribution in [2.45, 2.75) is 13.3 Å². The van der Waals surface area contributed by atoms with Crippen LogP contribution < -0.4 is 5.32 Å². The molecular weight excluding hydrogens is 254 g/mol. The van der Waals surface area contributed by atoms with E-state index in [2.05, 4.69) is 10.5 Å². The molecule has 100 valence electrons. The van der Waals surface area contributed by atoms with E-state index in [4.69, 9.17) is 4.52 Å². The molecule has 0 fully saturated rings. The summed E-state index contributed by atoms with van der Waals surface area (Å²) in [5, 5.41) is 6.12. The SMILES string of the molecule is Cc1cc(CCNC(=O)c2c(F)cccc2F)on1. The van der Waals surface area contributed by atoms with Gasteiger partial charge in [-0.1, -0.05) is 11.2 Å². The van der Waals surface area contributed by atoms with Crippen molar-refractivity contribution in [1.29, 1.82) is 0 Å². The van der Waals surface area contributed by atoms with E-state index in [0.29, 0.717) is 12.2 Å². The van der Waals surface area contributed by atoms with E-state index < -0.39 is 23.1 Å². The molecule has 0 bridgehead atoms. The number of carbonyl (C=O) groups is 1. The molecule has 1 N–H and O–H groups in total. The van der Waals surface area contributed by atoms with Crippen LogP contribution in [-0.4, -0.2) is 17.6 Å². The van der Waals surface area contributed by atoms with Crippen LogP contribution >= 0.6 is 0 Å². The van der Waals surface area contributed by atoms with Crippen LogP contribution in [0.3, 0.4) is 0 Å². The van der Waals surface area contributed by atoms with Gasteiger partial charge in [0.15, 0.2) is 0 Å². The molecule has 0 aliphatic rings. The molecular formula is C13H12F2N2O2. The first-order valence-electron chi connectivity index (χ1n) is 5.72. The Labute approximate surface area is 108 Å². The smallest absolute Gasteiger partial charge is 0.257 e. The lowest BCUT2D eigenvalue weighted by Gasteiger charge is -2.05. The quantitative estimate of drug-likeness (QED) is 0.923. The highest BCUT2D eigenvalue weighted by Crippen LogP contribution is 2.11. The normalized spacial score (nSPS) is 10.5. The van der Waals surface area contributed by atoms with E-state index >= 15 is 0 Å². The Kier molecular flexibility index (Phi) is 3.89. The van der Waals surface area contributed by atoms with Crippen LogP contribution in [0.25, 0.3) is 0 Å². The molecule has 1 aromatic heterocycles. The number of benzene rings is 1. The first-order valence-corrected chi connectivity index (χ1v) is 5.72. The van der Waals surface area contributed by atoms with Crippen molar-refractivity contribution in [2.24, 2.45) is 0 Å². The minimum Gasteiger partial charge on any atom is -0.361 e. The van der Waals surface area contributed by atoms with Gasteiger partial charge in [-0.05, 0) is 19.1 Å². The van der Waals surface area contributed by atoms with Gasteiger partial charge >= 0.3 is 0 Å². The van der Waals surface area contributed by atoms with Gasteiger partial charge in [0.05, 0.1) is 5.69 Å². The second kappa shape index (κ2) is 5.60. The first-order chi connectivity index (χ1) is 9.08. The predicted molar refractivity (Wildman–Crippen MR) is 63.6 cm³/mol. The summed E-state index contributed by atoms with van der Waals surface area (Å²) >= 11 is 0. The molecule has 0 radical (unpaired) electrons. The topological polar surface area (TPSA) is 55.1 Å². The number of aryl methyl sites for hydroxylation is 1. The van der Waals surface area contributed by atoms with Crippen LogP contribution in [0.5, 0.6) is 0 Å². The second-order valence-corrected chi connectivity index (χ2v) is 4.04. The molecule has 4 nitrogen and oxygen atoms in total. The van der Waals surface area contributed by atoms with Gasteiger partial charge in [-0.3, -0.25) is 4.79 Å². The number of hydrogen-bond acceptors (Lipinski definition) is 3. The number of carbonyl (C=O) groups excluding carboxylic acids is 1. The zero-order valence-electron chi connectivity index (χ0n) is 10.2. The van der Waals surface area contributed by atoms with E-state index in [9.17, 15) is 13.6 Å². The number of hydrogen-bond donors (Lipinski definition) is 1. The summed E-state index contributed by atoms with van der Waals surface area (Å²) in [6.07, 6.45) is 0.405. The molecule has 0 saturated heterocycles. The Morgan fingerprint density at radius 2 is 2.05 bits per heavy atom. The molecule has 0 aliphatic carbocycles. The Morgan fingerprint density at radius 3 is 2.63 bits per heavy atom. The van der Waals surface area contributed by atoms with Crippen molar-refractivity contribution in [3.8, 4) is 0 Å². The largest absolute Gasteiger partial charge is 0.361 e. The fourth-order valence-electron chi connectivity index (χ4n) is 1.64. The monoisotopic (exact) mass is 266 g/mol. The standard InChI is InChI=1S/C13H12F2N2O2/c1-8-7-9(19-17-8)5-6-16-13(18)12-10(14)3-2-4-11(12)15/h2-4,7H,5-6H2,1H3,(H,16,18). The summed E-state index contributed by atoms with van der Waals surface area (Å²) in [6.45, 7) is 1.99. The molecule has 0 atom stereocenters. The van der Waals surface area contributed by atoms with E-state index in [-0.39, 0.29) is 6.54 Å². The molecule has 19 heavy (non-hydrogen) atoms. The van der Waals surface area contributed by atoms with Gasteiger partial charge < -0.3 is 9.84 Å². The Morgan fingerprint density at radius 1 is 1.37 bits per heavy atom. The van der Waals surface area contributed by atoms with Crippen LogP contribution in [-0.2, 0) is 6.42 Å². The summed E-state index contributed by atoms with van der Waals surface area (Å²) in [4.78, 5) is 11.6. The van der Waals surface area contributed by atoms with Gasteiger partial charge in [-0.2, -0.15) is 0 Å². The number of rotatable bonds is 4. The van der Waals surface area contributed by atoms with E-state index in [0.717, 1.165) is 17.8 Å². The van der Waals surface area contributed by atoms with Gasteiger partial charge in [0.2, 0.25) is 0 Å². The summed E-state index contributed by atoms with van der Waals surface area (Å²) < 4.78 is 31.6. The number of amides is 1. The maximum Gasteiger partial charge on any atom is 0.257 e. The summed E-state index contributed by atoms with van der Waals surface area (Å²) in [5.74, 6) is -1.94. The average molecular weight is 266 g/mol. The number of halogens is 2. The van der Waals surface area contributed by atoms with Crippen molar-refractivity contribution in [2.75, 3.05) is 6.54 Å². The van der Waals surface area contributed by atoms with E-state index in [1.165, 1.54) is 6.07 Å². The van der Waals surface area contributed by atoms with Crippen LogP contribution in [0.15, 0.2) is 28.8 Å². The Balaban J connectivity index is 1.94. The maximum atomic E-state index is 13.3. The van der Waals surface area contributed by atoms with Crippen molar-refractivity contribution in [3.05, 3.63) is 52.9 Å². The number of aromatic nitrogens is 1. The zero-order valence-corrected chi connectivity index (χ0v) is 10.2. The molecule has 2 aromatic rings. The molecule has 0 unspecified atom stereocenters. The fraction of sp³-hybridized carbons (Fsp3) is 0.231. The lowest BCUT2D eigenvalue weighted by atomic mass is 10.2. The van der Waals surface area contributed by atoms with Crippen molar-refractivity contribution in [1.82, 2.24) is 10.5 Å². The van der Waals surface area contributed by atoms with Gasteiger partial charge in [-0.15, -0.1) is 0 Å². The fourth-order valence-corrected chi connectivity index (χ4v) is 1.64. The van der Waals surface area contributed by atoms with Crippen molar-refractivity contribution in [3.63, 3.8) is 0 Å². The third kappa shape index (κ3) is 3.15. The molecule has 1 heterocycles. The highest BCUT2D eigenvalue weighted by molar-refractivity contribution is 5.94.